The number of hydrogen-bond acceptors (Lipinski definition) is 10. The van der Waals surface area contributed by atoms with E-state index in [1.54, 1.807) is 39.7 Å². The number of amides is 2. The second-order valence-corrected chi connectivity index (χ2v) is 10.1. The zero-order valence-corrected chi connectivity index (χ0v) is 20.9. The van der Waals surface area contributed by atoms with Crippen molar-refractivity contribution in [3.8, 4) is 0 Å². The Hall–Kier alpha value is -4.24. The van der Waals surface area contributed by atoms with E-state index in [4.69, 9.17) is 10.6 Å². The lowest BCUT2D eigenvalue weighted by molar-refractivity contribution is -0.688. The van der Waals surface area contributed by atoms with Crippen LogP contribution in [0.2, 0.25) is 0 Å². The molecule has 5 heterocycles. The number of fused-ring (bicyclic) bond motifs is 2. The highest BCUT2D eigenvalue weighted by Crippen LogP contribution is 2.40. The zero-order valence-electron chi connectivity index (χ0n) is 19.2. The molecule has 1 fully saturated rings. The van der Waals surface area contributed by atoms with Gasteiger partial charge in [0.05, 0.1) is 11.9 Å². The normalized spacial score (nSPS) is 19.4. The van der Waals surface area contributed by atoms with Crippen molar-refractivity contribution >= 4 is 63.5 Å². The minimum Gasteiger partial charge on any atom is -0.477 e. The van der Waals surface area contributed by atoms with Gasteiger partial charge in [0.1, 0.15) is 35.4 Å². The zero-order chi connectivity index (χ0) is 26.3. The molecular weight excluding hydrogens is 522 g/mol. The van der Waals surface area contributed by atoms with Crippen LogP contribution in [0.3, 0.4) is 0 Å². The maximum Gasteiger partial charge on any atom is 0.352 e. The molecule has 13 nitrogen and oxygen atoms in total. The van der Waals surface area contributed by atoms with Crippen LogP contribution in [0.25, 0.3) is 5.52 Å². The highest BCUT2D eigenvalue weighted by molar-refractivity contribution is 8.00. The van der Waals surface area contributed by atoms with Crippen molar-refractivity contribution in [2.75, 3.05) is 18.6 Å². The van der Waals surface area contributed by atoms with Crippen molar-refractivity contribution in [2.24, 2.45) is 5.16 Å². The molecule has 2 aliphatic heterocycles. The lowest BCUT2D eigenvalue weighted by atomic mass is 10.0. The molecule has 0 unspecified atom stereocenters. The number of carbonyl (C=O) groups is 4. The van der Waals surface area contributed by atoms with Crippen molar-refractivity contribution in [3.05, 3.63) is 58.8 Å². The van der Waals surface area contributed by atoms with E-state index in [2.05, 4.69) is 15.5 Å². The summed E-state index contributed by atoms with van der Waals surface area (Å²) in [4.78, 5) is 59.3. The van der Waals surface area contributed by atoms with Crippen LogP contribution in [0, 0.1) is 0 Å². The molecule has 0 spiro atoms. The first-order valence-electron chi connectivity index (χ1n) is 10.8. The van der Waals surface area contributed by atoms with Crippen LogP contribution >= 0.6 is 23.1 Å². The average molecular weight is 543 g/mol. The van der Waals surface area contributed by atoms with Crippen molar-refractivity contribution in [1.82, 2.24) is 19.6 Å². The summed E-state index contributed by atoms with van der Waals surface area (Å²) in [5.74, 6) is -2.13. The van der Waals surface area contributed by atoms with Gasteiger partial charge in [-0.05, 0) is 12.1 Å². The maximum atomic E-state index is 13.0. The number of nitrogen functional groups attached to an aromatic ring is 1. The van der Waals surface area contributed by atoms with E-state index in [1.165, 1.54) is 29.2 Å². The van der Waals surface area contributed by atoms with Crippen molar-refractivity contribution in [3.63, 3.8) is 0 Å². The van der Waals surface area contributed by atoms with Gasteiger partial charge in [-0.25, -0.2) is 9.78 Å². The van der Waals surface area contributed by atoms with Gasteiger partial charge in [-0.1, -0.05) is 5.16 Å². The Morgan fingerprint density at radius 2 is 2.24 bits per heavy atom. The summed E-state index contributed by atoms with van der Waals surface area (Å²) in [6.07, 6.45) is 5.99. The number of thiazole rings is 1. The number of aromatic nitrogens is 3. The molecule has 0 radical (unpaired) electrons. The Morgan fingerprint density at radius 1 is 1.43 bits per heavy atom. The fraction of sp³-hybridized carbons (Fsp3) is 0.227. The summed E-state index contributed by atoms with van der Waals surface area (Å²) in [7, 11) is 1.27. The van der Waals surface area contributed by atoms with Crippen molar-refractivity contribution in [2.45, 2.75) is 18.0 Å². The summed E-state index contributed by atoms with van der Waals surface area (Å²) in [6, 6.07) is 2.53. The van der Waals surface area contributed by atoms with Crippen molar-refractivity contribution < 1.29 is 33.7 Å². The molecule has 190 valence electrons. The molecule has 15 heteroatoms. The molecule has 5 rings (SSSR count). The molecule has 2 amide bonds. The smallest absolute Gasteiger partial charge is 0.352 e. The minimum absolute atomic E-state index is 0.103. The first kappa shape index (κ1) is 24.5. The fourth-order valence-electron chi connectivity index (χ4n) is 4.24. The number of nitrogens with two attached hydrogens (primary N) is 1. The SMILES string of the molecule is CON=C(C(=O)N[C@@H]1C(=O)N2C(C(=O)O)=C(C[n+]3ccn4c(C=O)ccc4c3)CS[C@@H]12)c1csc(N)n1. The van der Waals surface area contributed by atoms with E-state index in [0.717, 1.165) is 23.1 Å². The second-order valence-electron chi connectivity index (χ2n) is 8.08. The summed E-state index contributed by atoms with van der Waals surface area (Å²) in [6.45, 7) is 0.232. The Bertz CT molecular complexity index is 1510. The minimum atomic E-state index is -1.23. The van der Waals surface area contributed by atoms with Gasteiger partial charge in [0, 0.05) is 16.7 Å². The van der Waals surface area contributed by atoms with Crippen LogP contribution < -0.4 is 15.6 Å². The van der Waals surface area contributed by atoms with Gasteiger partial charge in [-0.3, -0.25) is 19.3 Å². The number of anilines is 1. The lowest BCUT2D eigenvalue weighted by Gasteiger charge is -2.49. The number of carboxylic acid groups (broad SMARTS) is 1. The Balaban J connectivity index is 1.36. The average Bonchev–Trinajstić information content (AvgIpc) is 3.50. The number of nitrogens with one attached hydrogen (secondary N) is 1. The highest BCUT2D eigenvalue weighted by atomic mass is 32.2. The topological polar surface area (TPSA) is 173 Å². The number of rotatable bonds is 8. The number of aldehydes is 1. The Kier molecular flexibility index (Phi) is 6.39. The van der Waals surface area contributed by atoms with Crippen LogP contribution in [-0.2, 0) is 25.8 Å². The van der Waals surface area contributed by atoms with E-state index < -0.39 is 29.2 Å². The van der Waals surface area contributed by atoms with Gasteiger partial charge in [0.2, 0.25) is 0 Å². The molecule has 4 N–H and O–H groups in total. The Morgan fingerprint density at radius 3 is 2.92 bits per heavy atom. The molecule has 0 aliphatic carbocycles. The van der Waals surface area contributed by atoms with Gasteiger partial charge in [0.15, 0.2) is 36.1 Å². The van der Waals surface area contributed by atoms with Crippen LogP contribution in [0.5, 0.6) is 0 Å². The molecule has 3 aromatic heterocycles. The number of hydrogen-bond donors (Lipinski definition) is 3. The van der Waals surface area contributed by atoms with E-state index in [0.29, 0.717) is 17.0 Å². The third-order valence-electron chi connectivity index (χ3n) is 5.88. The molecular formula is C22H20N7O6S2+. The van der Waals surface area contributed by atoms with E-state index in [-0.39, 0.29) is 28.8 Å². The Labute approximate surface area is 217 Å². The number of thioether (sulfide) groups is 1. The molecule has 0 bridgehead atoms. The molecule has 3 aromatic rings. The predicted octanol–water partition coefficient (Wildman–Crippen LogP) is -0.133. The number of carbonyl (C=O) groups excluding carboxylic acids is 3. The van der Waals surface area contributed by atoms with Gasteiger partial charge in [-0.2, -0.15) is 4.57 Å². The largest absolute Gasteiger partial charge is 0.477 e. The first-order valence-corrected chi connectivity index (χ1v) is 12.7. The standard InChI is InChI=1S/C22H19N7O6S2/c1-35-26-15(14-10-37-22(23)24-14)18(31)25-16-19(32)29-17(21(33)34)11(9-36-20(16)29)6-27-4-5-28-12(7-27)2-3-13(28)8-30/h2-5,7-8,10,16,20H,6,9H2,1H3,(H3-,23,24,25,31,33,34)/p+1/t16-,20+/m1/s1. The van der Waals surface area contributed by atoms with Gasteiger partial charge in [-0.15, -0.1) is 23.1 Å². The molecule has 0 aromatic carbocycles. The summed E-state index contributed by atoms with van der Waals surface area (Å²) < 4.78 is 3.51. The lowest BCUT2D eigenvalue weighted by Crippen LogP contribution is -2.71. The summed E-state index contributed by atoms with van der Waals surface area (Å²) in [5.41, 5.74) is 7.41. The third-order valence-corrected chi connectivity index (χ3v) is 7.89. The molecule has 1 saturated heterocycles. The van der Waals surface area contributed by atoms with E-state index >= 15 is 0 Å². The van der Waals surface area contributed by atoms with Crippen molar-refractivity contribution in [1.29, 1.82) is 0 Å². The van der Waals surface area contributed by atoms with Crippen LogP contribution in [-0.4, -0.2) is 73.5 Å². The van der Waals surface area contributed by atoms with Gasteiger partial charge < -0.3 is 25.4 Å². The molecule has 37 heavy (non-hydrogen) atoms. The molecule has 0 saturated carbocycles. The first-order chi connectivity index (χ1) is 17.8. The number of carboxylic acids is 1. The van der Waals surface area contributed by atoms with Crippen LogP contribution in [0.4, 0.5) is 5.13 Å². The highest BCUT2D eigenvalue weighted by Gasteiger charge is 2.54. The number of oxime groups is 1. The quantitative estimate of drug-likeness (QED) is 0.115. The van der Waals surface area contributed by atoms with E-state index in [1.807, 2.05) is 0 Å². The van der Waals surface area contributed by atoms with Gasteiger partial charge >= 0.3 is 5.97 Å². The summed E-state index contributed by atoms with van der Waals surface area (Å²) in [5, 5.41) is 17.5. The second kappa shape index (κ2) is 9.67. The van der Waals surface area contributed by atoms with Crippen LogP contribution in [0.15, 0.2) is 52.5 Å². The fourth-order valence-corrected chi connectivity index (χ4v) is 6.13. The number of nitrogens with zero attached hydrogens (tertiary/aromatic N) is 5. The van der Waals surface area contributed by atoms with Crippen LogP contribution in [0.1, 0.15) is 16.2 Å². The third kappa shape index (κ3) is 4.31. The molecule has 2 aliphatic rings. The monoisotopic (exact) mass is 542 g/mol. The number of aliphatic carboxylic acids is 1. The van der Waals surface area contributed by atoms with Gasteiger partial charge in [0.25, 0.3) is 11.8 Å². The van der Waals surface area contributed by atoms with E-state index in [9.17, 15) is 24.3 Å². The summed E-state index contributed by atoms with van der Waals surface area (Å²) >= 11 is 2.47. The predicted molar refractivity (Wildman–Crippen MR) is 133 cm³/mol. The molecule has 2 atom stereocenters. The number of β-lactam (4-membered cyclic amide) rings is 1. The maximum absolute atomic E-state index is 13.0.